The Hall–Kier alpha value is -2.58. The van der Waals surface area contributed by atoms with Gasteiger partial charge < -0.3 is 19.9 Å². The molecule has 3 heterocycles. The van der Waals surface area contributed by atoms with Crippen LogP contribution in [-0.4, -0.2) is 70.4 Å². The van der Waals surface area contributed by atoms with Gasteiger partial charge in [-0.1, -0.05) is 11.6 Å². The highest BCUT2D eigenvalue weighted by molar-refractivity contribution is 6.32. The highest BCUT2D eigenvalue weighted by Gasteiger charge is 2.31. The van der Waals surface area contributed by atoms with E-state index in [1.165, 1.54) is 0 Å². The molecule has 4 rings (SSSR count). The number of rotatable bonds is 3. The molecule has 2 aliphatic heterocycles. The second kappa shape index (κ2) is 8.20. The summed E-state index contributed by atoms with van der Waals surface area (Å²) in [7, 11) is 0. The minimum atomic E-state index is -0.309. The number of carbonyl (C=O) groups is 2. The third-order valence-corrected chi connectivity index (χ3v) is 5.34. The molecule has 2 aliphatic rings. The van der Waals surface area contributed by atoms with Gasteiger partial charge in [0.25, 0.3) is 5.91 Å². The molecular weight excluding hydrogens is 382 g/mol. The van der Waals surface area contributed by atoms with Crippen molar-refractivity contribution in [2.45, 2.75) is 18.9 Å². The topological polar surface area (TPSA) is 79.7 Å². The number of benzene rings is 1. The van der Waals surface area contributed by atoms with Crippen LogP contribution in [0.25, 0.3) is 5.69 Å². The first-order valence-corrected chi connectivity index (χ1v) is 9.75. The Kier molecular flexibility index (Phi) is 5.50. The summed E-state index contributed by atoms with van der Waals surface area (Å²) in [6.45, 7) is 2.67. The van der Waals surface area contributed by atoms with Gasteiger partial charge >= 0.3 is 6.03 Å². The average Bonchev–Trinajstić information content (AvgIpc) is 3.42. The van der Waals surface area contributed by atoms with E-state index in [1.807, 2.05) is 12.1 Å². The lowest BCUT2D eigenvalue weighted by Crippen LogP contribution is -2.53. The van der Waals surface area contributed by atoms with E-state index in [0.717, 1.165) is 18.5 Å². The highest BCUT2D eigenvalue weighted by Crippen LogP contribution is 2.24. The van der Waals surface area contributed by atoms with Crippen molar-refractivity contribution in [3.8, 4) is 5.69 Å². The Balaban J connectivity index is 1.32. The fourth-order valence-electron chi connectivity index (χ4n) is 3.49. The van der Waals surface area contributed by atoms with Crippen molar-refractivity contribution in [3.05, 3.63) is 41.7 Å². The molecule has 1 N–H and O–H groups in total. The highest BCUT2D eigenvalue weighted by atomic mass is 35.5. The third kappa shape index (κ3) is 3.98. The first-order valence-electron chi connectivity index (χ1n) is 9.38. The zero-order valence-electron chi connectivity index (χ0n) is 15.4. The molecule has 0 aliphatic carbocycles. The number of ether oxygens (including phenoxy) is 1. The fraction of sp³-hybridized carbons (Fsp3) is 0.421. The SMILES string of the molecule is O=C(Nc1ccc(-n2cccn2)c(Cl)c1)N1CCN(C(=O)C2CCCO2)CC1. The molecular formula is C19H22ClN5O3. The van der Waals surface area contributed by atoms with Gasteiger partial charge in [-0.15, -0.1) is 0 Å². The number of urea groups is 1. The molecule has 9 heteroatoms. The molecule has 0 bridgehead atoms. The van der Waals surface area contributed by atoms with Crippen molar-refractivity contribution in [1.82, 2.24) is 19.6 Å². The molecule has 2 aromatic rings. The van der Waals surface area contributed by atoms with Gasteiger partial charge in [0, 0.05) is 50.9 Å². The Labute approximate surface area is 168 Å². The van der Waals surface area contributed by atoms with Crippen LogP contribution >= 0.6 is 11.6 Å². The molecule has 0 saturated carbocycles. The van der Waals surface area contributed by atoms with Crippen LogP contribution in [0.1, 0.15) is 12.8 Å². The molecule has 0 spiro atoms. The normalized spacial score (nSPS) is 19.7. The summed E-state index contributed by atoms with van der Waals surface area (Å²) in [6, 6.07) is 6.91. The van der Waals surface area contributed by atoms with Crippen molar-refractivity contribution in [2.75, 3.05) is 38.1 Å². The van der Waals surface area contributed by atoms with Crippen molar-refractivity contribution < 1.29 is 14.3 Å². The van der Waals surface area contributed by atoms with Crippen LogP contribution in [0.4, 0.5) is 10.5 Å². The van der Waals surface area contributed by atoms with Gasteiger partial charge in [-0.25, -0.2) is 9.48 Å². The van der Waals surface area contributed by atoms with E-state index in [4.69, 9.17) is 16.3 Å². The predicted molar refractivity (Wildman–Crippen MR) is 105 cm³/mol. The maximum Gasteiger partial charge on any atom is 0.321 e. The first-order chi connectivity index (χ1) is 13.6. The van der Waals surface area contributed by atoms with Gasteiger partial charge in [-0.2, -0.15) is 5.10 Å². The quantitative estimate of drug-likeness (QED) is 0.853. The number of carbonyl (C=O) groups excluding carboxylic acids is 2. The number of hydrogen-bond acceptors (Lipinski definition) is 4. The molecule has 0 radical (unpaired) electrons. The van der Waals surface area contributed by atoms with E-state index in [-0.39, 0.29) is 18.0 Å². The first kappa shape index (κ1) is 18.8. The second-order valence-electron chi connectivity index (χ2n) is 6.86. The Morgan fingerprint density at radius 3 is 2.61 bits per heavy atom. The van der Waals surface area contributed by atoms with Gasteiger partial charge in [0.1, 0.15) is 6.10 Å². The van der Waals surface area contributed by atoms with Crippen molar-refractivity contribution >= 4 is 29.2 Å². The van der Waals surface area contributed by atoms with Gasteiger partial charge in [-0.05, 0) is 37.1 Å². The minimum absolute atomic E-state index is 0.0403. The molecule has 2 fully saturated rings. The summed E-state index contributed by atoms with van der Waals surface area (Å²) in [5.74, 6) is 0.0403. The molecule has 148 valence electrons. The maximum atomic E-state index is 12.6. The van der Waals surface area contributed by atoms with Crippen LogP contribution in [-0.2, 0) is 9.53 Å². The van der Waals surface area contributed by atoms with Gasteiger partial charge in [0.2, 0.25) is 0 Å². The lowest BCUT2D eigenvalue weighted by atomic mass is 10.2. The van der Waals surface area contributed by atoms with Crippen LogP contribution < -0.4 is 5.32 Å². The summed E-state index contributed by atoms with van der Waals surface area (Å²) in [5, 5.41) is 7.52. The van der Waals surface area contributed by atoms with Gasteiger partial charge in [0.05, 0.1) is 10.7 Å². The van der Waals surface area contributed by atoms with Crippen LogP contribution in [0.3, 0.4) is 0 Å². The molecule has 2 saturated heterocycles. The number of nitrogens with zero attached hydrogens (tertiary/aromatic N) is 4. The Morgan fingerprint density at radius 1 is 1.18 bits per heavy atom. The monoisotopic (exact) mass is 403 g/mol. The summed E-state index contributed by atoms with van der Waals surface area (Å²) in [6.07, 6.45) is 4.89. The molecule has 28 heavy (non-hydrogen) atoms. The number of nitrogens with one attached hydrogen (secondary N) is 1. The van der Waals surface area contributed by atoms with Gasteiger partial charge in [-0.3, -0.25) is 4.79 Å². The predicted octanol–water partition coefficient (Wildman–Crippen LogP) is 2.38. The number of piperazine rings is 1. The van der Waals surface area contributed by atoms with Crippen LogP contribution in [0, 0.1) is 0 Å². The number of amides is 3. The maximum absolute atomic E-state index is 12.6. The largest absolute Gasteiger partial charge is 0.368 e. The lowest BCUT2D eigenvalue weighted by Gasteiger charge is -2.35. The number of anilines is 1. The number of hydrogen-bond donors (Lipinski definition) is 1. The van der Waals surface area contributed by atoms with Crippen molar-refractivity contribution in [3.63, 3.8) is 0 Å². The summed E-state index contributed by atoms with van der Waals surface area (Å²) in [4.78, 5) is 28.4. The number of halogens is 1. The van der Waals surface area contributed by atoms with Crippen LogP contribution in [0.2, 0.25) is 5.02 Å². The molecule has 1 unspecified atom stereocenters. The van der Waals surface area contributed by atoms with E-state index in [9.17, 15) is 9.59 Å². The fourth-order valence-corrected chi connectivity index (χ4v) is 3.76. The minimum Gasteiger partial charge on any atom is -0.368 e. The smallest absolute Gasteiger partial charge is 0.321 e. The molecule has 1 atom stereocenters. The van der Waals surface area contributed by atoms with E-state index in [1.54, 1.807) is 39.0 Å². The Morgan fingerprint density at radius 2 is 1.96 bits per heavy atom. The van der Waals surface area contributed by atoms with Crippen LogP contribution in [0.15, 0.2) is 36.7 Å². The zero-order valence-corrected chi connectivity index (χ0v) is 16.1. The van der Waals surface area contributed by atoms with Crippen LogP contribution in [0.5, 0.6) is 0 Å². The molecule has 1 aromatic heterocycles. The van der Waals surface area contributed by atoms with E-state index in [0.29, 0.717) is 43.5 Å². The zero-order chi connectivity index (χ0) is 19.5. The second-order valence-corrected chi connectivity index (χ2v) is 7.27. The lowest BCUT2D eigenvalue weighted by molar-refractivity contribution is -0.142. The number of aromatic nitrogens is 2. The van der Waals surface area contributed by atoms with E-state index >= 15 is 0 Å². The molecule has 8 nitrogen and oxygen atoms in total. The van der Waals surface area contributed by atoms with E-state index in [2.05, 4.69) is 10.4 Å². The standard InChI is InChI=1S/C19H22ClN5O3/c20-15-13-14(4-5-16(15)25-7-2-6-21-25)22-19(27)24-10-8-23(9-11-24)18(26)17-3-1-12-28-17/h2,4-7,13,17H,1,3,8-12H2,(H,22,27). The molecule has 1 aromatic carbocycles. The Bertz CT molecular complexity index is 843. The van der Waals surface area contributed by atoms with E-state index < -0.39 is 0 Å². The average molecular weight is 404 g/mol. The summed E-state index contributed by atoms with van der Waals surface area (Å²) >= 11 is 6.32. The summed E-state index contributed by atoms with van der Waals surface area (Å²) in [5.41, 5.74) is 1.36. The molecule has 3 amide bonds. The van der Waals surface area contributed by atoms with Crippen molar-refractivity contribution in [2.24, 2.45) is 0 Å². The summed E-state index contributed by atoms with van der Waals surface area (Å²) < 4.78 is 7.13. The van der Waals surface area contributed by atoms with Crippen molar-refractivity contribution in [1.29, 1.82) is 0 Å². The van der Waals surface area contributed by atoms with Gasteiger partial charge in [0.15, 0.2) is 0 Å². The third-order valence-electron chi connectivity index (χ3n) is 5.03.